The summed E-state index contributed by atoms with van der Waals surface area (Å²) in [5, 5.41) is 4.98. The summed E-state index contributed by atoms with van der Waals surface area (Å²) in [6, 6.07) is 3.71. The molecule has 0 saturated heterocycles. The summed E-state index contributed by atoms with van der Waals surface area (Å²) in [4.78, 5) is 12.7. The van der Waals surface area contributed by atoms with E-state index in [1.54, 1.807) is 4.68 Å². The molecule has 0 aliphatic carbocycles. The summed E-state index contributed by atoms with van der Waals surface area (Å²) < 4.78 is 8.76. The van der Waals surface area contributed by atoms with Crippen LogP contribution in [0.2, 0.25) is 0 Å². The first kappa shape index (κ1) is 13.4. The molecule has 0 atom stereocenters. The Balaban J connectivity index is 2.11. The molecule has 3 heterocycles. The average Bonchev–Trinajstić information content (AvgIpc) is 2.69. The van der Waals surface area contributed by atoms with Gasteiger partial charge < -0.3 is 4.74 Å². The first-order valence-corrected chi connectivity index (χ1v) is 7.29. The van der Waals surface area contributed by atoms with Gasteiger partial charge in [-0.25, -0.2) is 19.6 Å². The van der Waals surface area contributed by atoms with E-state index in [4.69, 9.17) is 4.74 Å². The Hall–Kier alpha value is -1.54. The Morgan fingerprint density at radius 1 is 1.15 bits per heavy atom. The Morgan fingerprint density at radius 2 is 1.95 bits per heavy atom. The molecule has 3 rings (SSSR count). The highest BCUT2D eigenvalue weighted by Crippen LogP contribution is 2.33. The van der Waals surface area contributed by atoms with Gasteiger partial charge in [0.25, 0.3) is 0 Å². The molecule has 0 aliphatic heterocycles. The van der Waals surface area contributed by atoms with Crippen molar-refractivity contribution in [3.05, 3.63) is 33.4 Å². The fourth-order valence-electron chi connectivity index (χ4n) is 1.79. The van der Waals surface area contributed by atoms with Gasteiger partial charge in [-0.15, -0.1) is 0 Å². The lowest BCUT2D eigenvalue weighted by Crippen LogP contribution is -1.95. The summed E-state index contributed by atoms with van der Waals surface area (Å²) in [6.07, 6.45) is 1.45. The van der Waals surface area contributed by atoms with Gasteiger partial charge in [-0.2, -0.15) is 5.10 Å². The van der Waals surface area contributed by atoms with E-state index >= 15 is 0 Å². The van der Waals surface area contributed by atoms with E-state index in [2.05, 4.69) is 51.9 Å². The number of halogens is 2. The number of fused-ring (bicyclic) bond motifs is 1. The molecule has 3 aromatic rings. The third-order valence-electron chi connectivity index (χ3n) is 2.70. The van der Waals surface area contributed by atoms with Crippen LogP contribution in [0, 0.1) is 6.92 Å². The number of hydrogen-bond acceptors (Lipinski definition) is 5. The maximum atomic E-state index is 5.83. The molecular weight excluding hydrogens is 390 g/mol. The van der Waals surface area contributed by atoms with Crippen LogP contribution in [0.1, 0.15) is 5.69 Å². The maximum Gasteiger partial charge on any atom is 0.234 e. The number of aryl methyl sites for hydroxylation is 2. The quantitative estimate of drug-likeness (QED) is 0.619. The van der Waals surface area contributed by atoms with E-state index in [-0.39, 0.29) is 0 Å². The van der Waals surface area contributed by atoms with Gasteiger partial charge in [0.1, 0.15) is 20.9 Å². The number of ether oxygens (including phenoxy) is 1. The highest BCUT2D eigenvalue weighted by Gasteiger charge is 2.16. The lowest BCUT2D eigenvalue weighted by molar-refractivity contribution is 0.462. The van der Waals surface area contributed by atoms with Crippen molar-refractivity contribution >= 4 is 42.9 Å². The van der Waals surface area contributed by atoms with Crippen molar-refractivity contribution in [3.8, 4) is 11.6 Å². The summed E-state index contributed by atoms with van der Waals surface area (Å²) in [5.74, 6) is 1.02. The third kappa shape index (κ3) is 2.29. The molecule has 0 fully saturated rings. The van der Waals surface area contributed by atoms with Crippen molar-refractivity contribution in [2.45, 2.75) is 6.92 Å². The van der Waals surface area contributed by atoms with Crippen molar-refractivity contribution in [2.75, 3.05) is 0 Å². The van der Waals surface area contributed by atoms with E-state index in [0.29, 0.717) is 26.5 Å². The average molecular weight is 399 g/mol. The van der Waals surface area contributed by atoms with Gasteiger partial charge in [0, 0.05) is 12.7 Å². The Labute approximate surface area is 131 Å². The van der Waals surface area contributed by atoms with Crippen molar-refractivity contribution in [3.63, 3.8) is 0 Å². The number of nitrogens with zero attached hydrogens (tertiary/aromatic N) is 5. The predicted molar refractivity (Wildman–Crippen MR) is 80.8 cm³/mol. The minimum Gasteiger partial charge on any atom is -0.435 e. The minimum atomic E-state index is 0.432. The van der Waals surface area contributed by atoms with Crippen molar-refractivity contribution in [1.29, 1.82) is 0 Å². The number of pyridine rings is 1. The van der Waals surface area contributed by atoms with Gasteiger partial charge >= 0.3 is 0 Å². The van der Waals surface area contributed by atoms with Crippen molar-refractivity contribution in [2.24, 2.45) is 7.05 Å². The van der Waals surface area contributed by atoms with Crippen LogP contribution >= 0.6 is 31.9 Å². The number of hydrogen-bond donors (Lipinski definition) is 0. The van der Waals surface area contributed by atoms with E-state index in [1.807, 2.05) is 26.1 Å². The SMILES string of the molecule is Cc1ccc(Oc2ncnc3c2c(Br)nn3C)c(Br)n1. The molecule has 0 unspecified atom stereocenters. The molecule has 3 aromatic heterocycles. The second-order valence-electron chi connectivity index (χ2n) is 4.14. The second-order valence-corrected chi connectivity index (χ2v) is 5.64. The van der Waals surface area contributed by atoms with Crippen LogP contribution in [-0.2, 0) is 7.05 Å². The molecule has 0 bridgehead atoms. The van der Waals surface area contributed by atoms with Gasteiger partial charge in [-0.3, -0.25) is 0 Å². The zero-order valence-corrected chi connectivity index (χ0v) is 13.8. The van der Waals surface area contributed by atoms with E-state index in [9.17, 15) is 0 Å². The van der Waals surface area contributed by atoms with Crippen LogP contribution < -0.4 is 4.74 Å². The monoisotopic (exact) mass is 397 g/mol. The molecule has 0 radical (unpaired) electrons. The van der Waals surface area contributed by atoms with Gasteiger partial charge in [-0.05, 0) is 50.9 Å². The van der Waals surface area contributed by atoms with E-state index in [0.717, 1.165) is 11.1 Å². The molecule has 0 spiro atoms. The maximum absolute atomic E-state index is 5.83. The zero-order chi connectivity index (χ0) is 14.3. The number of rotatable bonds is 2. The summed E-state index contributed by atoms with van der Waals surface area (Å²) in [7, 11) is 1.81. The minimum absolute atomic E-state index is 0.432. The largest absolute Gasteiger partial charge is 0.435 e. The van der Waals surface area contributed by atoms with E-state index in [1.165, 1.54) is 6.33 Å². The lowest BCUT2D eigenvalue weighted by Gasteiger charge is -2.07. The standard InChI is InChI=1S/C12H9Br2N5O/c1-6-3-4-7(9(13)17-6)20-12-8-10(14)18-19(2)11(8)15-5-16-12/h3-5H,1-2H3. The third-order valence-corrected chi connectivity index (χ3v) is 3.83. The normalized spacial score (nSPS) is 11.0. The Bertz CT molecular complexity index is 802. The highest BCUT2D eigenvalue weighted by atomic mass is 79.9. The number of aromatic nitrogens is 5. The molecule has 102 valence electrons. The van der Waals surface area contributed by atoms with Crippen LogP contribution in [0.25, 0.3) is 11.0 Å². The molecule has 0 aromatic carbocycles. The Kier molecular flexibility index (Phi) is 3.43. The van der Waals surface area contributed by atoms with E-state index < -0.39 is 0 Å². The van der Waals surface area contributed by atoms with Crippen LogP contribution in [0.15, 0.2) is 27.7 Å². The topological polar surface area (TPSA) is 65.7 Å². The first-order valence-electron chi connectivity index (χ1n) is 5.70. The molecular formula is C12H9Br2N5O. The van der Waals surface area contributed by atoms with Crippen molar-refractivity contribution in [1.82, 2.24) is 24.7 Å². The summed E-state index contributed by atoms with van der Waals surface area (Å²) in [6.45, 7) is 1.91. The van der Waals surface area contributed by atoms with Crippen LogP contribution in [0.4, 0.5) is 0 Å². The second kappa shape index (κ2) is 5.10. The van der Waals surface area contributed by atoms with Gasteiger partial charge in [0.15, 0.2) is 11.4 Å². The fourth-order valence-corrected chi connectivity index (χ4v) is 2.86. The highest BCUT2D eigenvalue weighted by molar-refractivity contribution is 9.10. The smallest absolute Gasteiger partial charge is 0.234 e. The first-order chi connectivity index (χ1) is 9.56. The summed E-state index contributed by atoms with van der Waals surface area (Å²) in [5.41, 5.74) is 1.60. The van der Waals surface area contributed by atoms with Gasteiger partial charge in [0.2, 0.25) is 5.88 Å². The van der Waals surface area contributed by atoms with Gasteiger partial charge in [-0.1, -0.05) is 0 Å². The molecule has 0 amide bonds. The zero-order valence-electron chi connectivity index (χ0n) is 10.6. The Morgan fingerprint density at radius 3 is 2.70 bits per heavy atom. The molecule has 0 N–H and O–H groups in total. The fraction of sp³-hybridized carbons (Fsp3) is 0.167. The van der Waals surface area contributed by atoms with Gasteiger partial charge in [0.05, 0.1) is 0 Å². The molecule has 6 nitrogen and oxygen atoms in total. The molecule has 0 saturated carbocycles. The van der Waals surface area contributed by atoms with Crippen molar-refractivity contribution < 1.29 is 4.74 Å². The van der Waals surface area contributed by atoms with Crippen LogP contribution in [0.3, 0.4) is 0 Å². The summed E-state index contributed by atoms with van der Waals surface area (Å²) >= 11 is 6.77. The molecule has 20 heavy (non-hydrogen) atoms. The van der Waals surface area contributed by atoms with Crippen LogP contribution in [0.5, 0.6) is 11.6 Å². The predicted octanol–water partition coefficient (Wildman–Crippen LogP) is 3.38. The molecule has 0 aliphatic rings. The lowest BCUT2D eigenvalue weighted by atomic mass is 10.3. The van der Waals surface area contributed by atoms with Crippen LogP contribution in [-0.4, -0.2) is 24.7 Å². The molecule has 8 heteroatoms.